The number of hydrazone groups is 1. The Hall–Kier alpha value is -3.31. The maximum absolute atomic E-state index is 9.51. The number of halogens is 2. The van der Waals surface area contributed by atoms with E-state index < -0.39 is 0 Å². The van der Waals surface area contributed by atoms with Crippen molar-refractivity contribution in [2.24, 2.45) is 5.10 Å². The first-order chi connectivity index (χ1) is 15.9. The highest BCUT2D eigenvalue weighted by molar-refractivity contribution is 6.42. The van der Waals surface area contributed by atoms with Crippen molar-refractivity contribution in [1.29, 1.82) is 5.26 Å². The zero-order chi connectivity index (χ0) is 23.8. The van der Waals surface area contributed by atoms with E-state index in [4.69, 9.17) is 37.4 Å². The average molecular weight is 485 g/mol. The third kappa shape index (κ3) is 6.36. The number of aryl methyl sites for hydroxylation is 1. The molecule has 3 rings (SSSR count). The fraction of sp³-hybridized carbons (Fsp3) is 0.208. The minimum atomic E-state index is 0.308. The van der Waals surface area contributed by atoms with E-state index in [0.29, 0.717) is 46.1 Å². The summed E-state index contributed by atoms with van der Waals surface area (Å²) < 4.78 is 16.5. The molecule has 7 nitrogen and oxygen atoms in total. The van der Waals surface area contributed by atoms with Crippen LogP contribution in [0.3, 0.4) is 0 Å². The predicted octanol–water partition coefficient (Wildman–Crippen LogP) is 5.75. The molecule has 3 aromatic rings. The highest BCUT2D eigenvalue weighted by Gasteiger charge is 2.11. The molecule has 170 valence electrons. The van der Waals surface area contributed by atoms with Crippen LogP contribution >= 0.6 is 23.2 Å². The molecule has 0 saturated heterocycles. The van der Waals surface area contributed by atoms with Gasteiger partial charge in [-0.25, -0.2) is 4.98 Å². The number of ether oxygens (including phenoxy) is 3. The number of aromatic nitrogens is 1. The van der Waals surface area contributed by atoms with Crippen molar-refractivity contribution in [3.05, 3.63) is 80.5 Å². The summed E-state index contributed by atoms with van der Waals surface area (Å²) in [4.78, 5) is 4.37. The van der Waals surface area contributed by atoms with E-state index in [0.717, 1.165) is 22.4 Å². The Morgan fingerprint density at radius 1 is 1.06 bits per heavy atom. The van der Waals surface area contributed by atoms with Crippen LogP contribution in [0, 0.1) is 18.3 Å². The van der Waals surface area contributed by atoms with Gasteiger partial charge < -0.3 is 14.2 Å². The summed E-state index contributed by atoms with van der Waals surface area (Å²) in [5, 5.41) is 14.7. The fourth-order valence-corrected chi connectivity index (χ4v) is 3.38. The number of hydrogen-bond donors (Lipinski definition) is 1. The van der Waals surface area contributed by atoms with E-state index >= 15 is 0 Å². The van der Waals surface area contributed by atoms with E-state index in [2.05, 4.69) is 21.6 Å². The number of nitrogens with zero attached hydrogens (tertiary/aromatic N) is 3. The molecular weight excluding hydrogens is 463 g/mol. The number of nitriles is 1. The molecule has 0 unspecified atom stereocenters. The first-order valence-electron chi connectivity index (χ1n) is 9.88. The van der Waals surface area contributed by atoms with Crippen LogP contribution in [0.5, 0.6) is 11.5 Å². The summed E-state index contributed by atoms with van der Waals surface area (Å²) in [6.45, 7) is 2.46. The number of pyridine rings is 1. The first kappa shape index (κ1) is 24.3. The summed E-state index contributed by atoms with van der Waals surface area (Å²) in [5.74, 6) is 1.49. The monoisotopic (exact) mass is 484 g/mol. The normalized spacial score (nSPS) is 10.8. The molecular formula is C24H22Cl2N4O3. The van der Waals surface area contributed by atoms with Crippen molar-refractivity contribution in [2.75, 3.05) is 19.6 Å². The molecule has 1 N–H and O–H groups in total. The van der Waals surface area contributed by atoms with Gasteiger partial charge in [-0.3, -0.25) is 5.43 Å². The molecule has 0 amide bonds. The van der Waals surface area contributed by atoms with Crippen molar-refractivity contribution in [3.63, 3.8) is 0 Å². The molecule has 33 heavy (non-hydrogen) atoms. The van der Waals surface area contributed by atoms with Crippen molar-refractivity contribution in [1.82, 2.24) is 4.98 Å². The van der Waals surface area contributed by atoms with Crippen molar-refractivity contribution in [2.45, 2.75) is 20.1 Å². The number of hydrogen-bond acceptors (Lipinski definition) is 7. The molecule has 1 heterocycles. The molecule has 0 fully saturated rings. The third-order valence-corrected chi connectivity index (χ3v) is 5.33. The molecule has 9 heteroatoms. The molecule has 0 aliphatic heterocycles. The van der Waals surface area contributed by atoms with Crippen molar-refractivity contribution >= 4 is 35.2 Å². The van der Waals surface area contributed by atoms with Crippen LogP contribution in [0.4, 0.5) is 5.82 Å². The topological polar surface area (TPSA) is 88.8 Å². The Labute approximate surface area is 202 Å². The second kappa shape index (κ2) is 11.5. The van der Waals surface area contributed by atoms with Gasteiger partial charge in [0.1, 0.15) is 18.2 Å². The minimum Gasteiger partial charge on any atom is -0.493 e. The van der Waals surface area contributed by atoms with Crippen molar-refractivity contribution in [3.8, 4) is 17.6 Å². The Morgan fingerprint density at radius 3 is 2.58 bits per heavy atom. The van der Waals surface area contributed by atoms with Crippen LogP contribution < -0.4 is 14.9 Å². The maximum atomic E-state index is 9.51. The van der Waals surface area contributed by atoms with Crippen LogP contribution in [0.2, 0.25) is 10.0 Å². The summed E-state index contributed by atoms with van der Waals surface area (Å²) in [6.07, 6.45) is 1.60. The average Bonchev–Trinajstić information content (AvgIpc) is 2.80. The molecule has 0 bridgehead atoms. The zero-order valence-electron chi connectivity index (χ0n) is 18.4. The van der Waals surface area contributed by atoms with Gasteiger partial charge in [-0.1, -0.05) is 29.3 Å². The van der Waals surface area contributed by atoms with Crippen LogP contribution in [0.15, 0.2) is 47.6 Å². The molecule has 1 aromatic heterocycles. The SMILES string of the molecule is COCc1cc(C)nc(NN=Cc2ccc(OCc3ccc(Cl)c(Cl)c3)c(OC)c2)c1C#N. The van der Waals surface area contributed by atoms with Gasteiger partial charge in [-0.15, -0.1) is 0 Å². The highest BCUT2D eigenvalue weighted by Crippen LogP contribution is 2.29. The van der Waals surface area contributed by atoms with Gasteiger partial charge in [0.25, 0.3) is 0 Å². The smallest absolute Gasteiger partial charge is 0.164 e. The molecule has 0 aliphatic carbocycles. The lowest BCUT2D eigenvalue weighted by molar-refractivity contribution is 0.184. The van der Waals surface area contributed by atoms with E-state index in [1.807, 2.05) is 25.1 Å². The molecule has 0 atom stereocenters. The lowest BCUT2D eigenvalue weighted by Gasteiger charge is -2.12. The van der Waals surface area contributed by atoms with Gasteiger partial charge >= 0.3 is 0 Å². The van der Waals surface area contributed by atoms with Gasteiger partial charge in [-0.2, -0.15) is 10.4 Å². The standard InChI is InChI=1S/C24H22Cl2N4O3/c1-15-8-18(14-31-2)19(11-27)24(29-15)30-28-12-16-5-7-22(23(10-16)32-3)33-13-17-4-6-20(25)21(26)9-17/h4-10,12H,13-14H2,1-3H3,(H,29,30). The Morgan fingerprint density at radius 2 is 1.88 bits per heavy atom. The Balaban J connectivity index is 1.72. The van der Waals surface area contributed by atoms with E-state index in [9.17, 15) is 5.26 Å². The highest BCUT2D eigenvalue weighted by atomic mass is 35.5. The maximum Gasteiger partial charge on any atom is 0.164 e. The molecule has 0 spiro atoms. The van der Waals surface area contributed by atoms with Gasteiger partial charge in [0.05, 0.1) is 30.0 Å². The number of benzene rings is 2. The van der Waals surface area contributed by atoms with Crippen LogP contribution in [0.1, 0.15) is 27.9 Å². The minimum absolute atomic E-state index is 0.308. The molecule has 2 aromatic carbocycles. The van der Waals surface area contributed by atoms with E-state index in [1.165, 1.54) is 0 Å². The number of rotatable bonds is 9. The number of methoxy groups -OCH3 is 2. The van der Waals surface area contributed by atoms with E-state index in [1.54, 1.807) is 44.7 Å². The van der Waals surface area contributed by atoms with Gasteiger partial charge in [0.15, 0.2) is 17.3 Å². The van der Waals surface area contributed by atoms with Crippen LogP contribution in [-0.2, 0) is 18.0 Å². The molecule has 0 radical (unpaired) electrons. The first-order valence-corrected chi connectivity index (χ1v) is 10.6. The zero-order valence-corrected chi connectivity index (χ0v) is 19.9. The Kier molecular flexibility index (Phi) is 8.50. The van der Waals surface area contributed by atoms with Crippen LogP contribution in [-0.4, -0.2) is 25.4 Å². The Bertz CT molecular complexity index is 1210. The number of nitrogens with one attached hydrogen (secondary N) is 1. The van der Waals surface area contributed by atoms with Gasteiger partial charge in [0.2, 0.25) is 0 Å². The summed E-state index contributed by atoms with van der Waals surface area (Å²) >= 11 is 12.0. The lowest BCUT2D eigenvalue weighted by Crippen LogP contribution is -2.03. The second-order valence-corrected chi connectivity index (χ2v) is 7.82. The summed E-state index contributed by atoms with van der Waals surface area (Å²) in [5.41, 5.74) is 6.39. The van der Waals surface area contributed by atoms with Gasteiger partial charge in [0, 0.05) is 18.4 Å². The lowest BCUT2D eigenvalue weighted by atomic mass is 10.1. The number of anilines is 1. The predicted molar refractivity (Wildman–Crippen MR) is 129 cm³/mol. The second-order valence-electron chi connectivity index (χ2n) is 7.01. The summed E-state index contributed by atoms with van der Waals surface area (Å²) in [6, 6.07) is 14.7. The molecule has 0 aliphatic rings. The molecule has 0 saturated carbocycles. The fourth-order valence-electron chi connectivity index (χ4n) is 3.06. The van der Waals surface area contributed by atoms with Crippen LogP contribution in [0.25, 0.3) is 0 Å². The van der Waals surface area contributed by atoms with Gasteiger partial charge in [-0.05, 0) is 54.4 Å². The summed E-state index contributed by atoms with van der Waals surface area (Å²) in [7, 11) is 3.14. The van der Waals surface area contributed by atoms with E-state index in [-0.39, 0.29) is 0 Å². The largest absolute Gasteiger partial charge is 0.493 e. The van der Waals surface area contributed by atoms with Crippen molar-refractivity contribution < 1.29 is 14.2 Å². The quantitative estimate of drug-likeness (QED) is 0.307. The third-order valence-electron chi connectivity index (χ3n) is 4.59.